The minimum atomic E-state index is -6.34. The highest BCUT2D eigenvalue weighted by Crippen LogP contribution is 2.61. The molecule has 0 spiro atoms. The molecule has 0 N–H and O–H groups in total. The summed E-state index contributed by atoms with van der Waals surface area (Å²) in [6, 6.07) is 3.51. The first-order valence-electron chi connectivity index (χ1n) is 6.19. The van der Waals surface area contributed by atoms with Crippen molar-refractivity contribution >= 4 is 29.1 Å². The summed E-state index contributed by atoms with van der Waals surface area (Å²) < 4.78 is 126. The Labute approximate surface area is 147 Å². The highest BCUT2D eigenvalue weighted by Gasteiger charge is 2.78. The summed E-state index contributed by atoms with van der Waals surface area (Å²) >= 11 is 3.59. The topological polar surface area (TPSA) is 17.3 Å². The number of hydrogen-bond donors (Lipinski definition) is 0. The lowest BCUT2D eigenvalue weighted by Gasteiger charge is -2.33. The Morgan fingerprint density at radius 1 is 1.00 bits per heavy atom. The van der Waals surface area contributed by atoms with Gasteiger partial charge < -0.3 is 0 Å². The number of halogens is 10. The van der Waals surface area contributed by atoms with Gasteiger partial charge in [0.1, 0.15) is 10.3 Å². The van der Waals surface area contributed by atoms with Crippen LogP contribution < -0.4 is 0 Å². The Kier molecular flexibility index (Phi) is 4.98. The first-order chi connectivity index (χ1) is 11.6. The van der Waals surface area contributed by atoms with E-state index >= 15 is 0 Å². The SMILES string of the molecule is F/C(=C1/N=C(n2ccccc2=S)SC1(C(F)(F)F)C(F)(F)F)C(F)(F)F. The van der Waals surface area contributed by atoms with Gasteiger partial charge in [-0.3, -0.25) is 4.57 Å². The van der Waals surface area contributed by atoms with Crippen molar-refractivity contribution in [1.82, 2.24) is 4.57 Å². The van der Waals surface area contributed by atoms with E-state index in [2.05, 4.69) is 4.99 Å². The predicted molar refractivity (Wildman–Crippen MR) is 74.7 cm³/mol. The van der Waals surface area contributed by atoms with E-state index in [-0.39, 0.29) is 4.64 Å². The van der Waals surface area contributed by atoms with Crippen molar-refractivity contribution in [3.63, 3.8) is 0 Å². The summed E-state index contributed by atoms with van der Waals surface area (Å²) in [6.45, 7) is 0. The van der Waals surface area contributed by atoms with Crippen molar-refractivity contribution in [3.8, 4) is 0 Å². The molecular weight excluding hydrogens is 426 g/mol. The van der Waals surface area contributed by atoms with Crippen LogP contribution in [0.5, 0.6) is 0 Å². The molecule has 0 saturated carbocycles. The maximum atomic E-state index is 13.6. The third kappa shape index (κ3) is 3.23. The predicted octanol–water partition coefficient (Wildman–Crippen LogP) is 5.78. The molecule has 0 radical (unpaired) electrons. The van der Waals surface area contributed by atoms with Crippen LogP contribution >= 0.6 is 24.0 Å². The van der Waals surface area contributed by atoms with Crippen molar-refractivity contribution in [1.29, 1.82) is 0 Å². The van der Waals surface area contributed by atoms with Crippen molar-refractivity contribution in [3.05, 3.63) is 40.6 Å². The minimum absolute atomic E-state index is 0.342. The molecule has 144 valence electrons. The molecule has 0 fully saturated rings. The fourth-order valence-electron chi connectivity index (χ4n) is 1.95. The fourth-order valence-corrected chi connectivity index (χ4v) is 3.37. The van der Waals surface area contributed by atoms with E-state index in [0.717, 1.165) is 18.3 Å². The molecule has 2 heterocycles. The maximum absolute atomic E-state index is 13.6. The molecule has 0 saturated heterocycles. The van der Waals surface area contributed by atoms with Crippen molar-refractivity contribution in [2.45, 2.75) is 23.3 Å². The van der Waals surface area contributed by atoms with Crippen LogP contribution in [0, 0.1) is 4.64 Å². The number of aromatic nitrogens is 1. The fraction of sp³-hybridized carbons (Fsp3) is 0.333. The second-order valence-electron chi connectivity index (χ2n) is 4.74. The van der Waals surface area contributed by atoms with Crippen LogP contribution in [0.25, 0.3) is 0 Å². The molecule has 0 atom stereocenters. The number of allylic oxidation sites excluding steroid dienone is 1. The van der Waals surface area contributed by atoms with E-state index in [1.807, 2.05) is 0 Å². The van der Waals surface area contributed by atoms with E-state index in [0.29, 0.717) is 4.57 Å². The highest BCUT2D eigenvalue weighted by molar-refractivity contribution is 8.15. The quantitative estimate of drug-likeness (QED) is 0.384. The van der Waals surface area contributed by atoms with Gasteiger partial charge in [0, 0.05) is 6.20 Å². The van der Waals surface area contributed by atoms with Gasteiger partial charge in [0.05, 0.1) is 0 Å². The standard InChI is InChI=1S/C12H4F10N2S2/c13-6(10(14,15)16)7-9(11(17,18)19,12(20,21)22)26-8(23-7)24-4-2-1-3-5(24)25/h1-4H/b7-6+. The lowest BCUT2D eigenvalue weighted by atomic mass is 10.0. The van der Waals surface area contributed by atoms with Gasteiger partial charge in [-0.1, -0.05) is 30.0 Å². The number of nitrogens with zero attached hydrogens (tertiary/aromatic N) is 2. The Morgan fingerprint density at radius 2 is 1.54 bits per heavy atom. The van der Waals surface area contributed by atoms with Gasteiger partial charge in [0.15, 0.2) is 5.17 Å². The van der Waals surface area contributed by atoms with E-state index in [1.165, 1.54) is 6.07 Å². The van der Waals surface area contributed by atoms with Gasteiger partial charge in [-0.25, -0.2) is 4.99 Å². The van der Waals surface area contributed by atoms with E-state index in [1.54, 1.807) is 0 Å². The summed E-state index contributed by atoms with van der Waals surface area (Å²) in [7, 11) is 0. The van der Waals surface area contributed by atoms with E-state index < -0.39 is 51.7 Å². The third-order valence-electron chi connectivity index (χ3n) is 3.07. The van der Waals surface area contributed by atoms with Crippen LogP contribution in [0.3, 0.4) is 0 Å². The van der Waals surface area contributed by atoms with Gasteiger partial charge >= 0.3 is 18.5 Å². The monoisotopic (exact) mass is 430 g/mol. The smallest absolute Gasteiger partial charge is 0.287 e. The molecule has 14 heteroatoms. The molecular formula is C12H4F10N2S2. The average Bonchev–Trinajstić information content (AvgIpc) is 2.86. The summed E-state index contributed by atoms with van der Waals surface area (Å²) in [6.07, 6.45) is -17.9. The Hall–Kier alpha value is -1.57. The molecule has 0 amide bonds. The third-order valence-corrected chi connectivity index (χ3v) is 4.83. The summed E-state index contributed by atoms with van der Waals surface area (Å²) in [5, 5.41) is -1.19. The van der Waals surface area contributed by atoms with Crippen molar-refractivity contribution in [2.24, 2.45) is 4.99 Å². The van der Waals surface area contributed by atoms with E-state index in [4.69, 9.17) is 12.2 Å². The van der Waals surface area contributed by atoms with Crippen LogP contribution in [-0.2, 0) is 0 Å². The lowest BCUT2D eigenvalue weighted by molar-refractivity contribution is -0.253. The molecule has 2 rings (SSSR count). The van der Waals surface area contributed by atoms with Crippen LogP contribution in [0.15, 0.2) is 40.9 Å². The van der Waals surface area contributed by atoms with Crippen LogP contribution in [0.2, 0.25) is 0 Å². The zero-order chi connectivity index (χ0) is 20.1. The zero-order valence-corrected chi connectivity index (χ0v) is 13.4. The van der Waals surface area contributed by atoms with Gasteiger partial charge in [0.2, 0.25) is 5.83 Å². The highest BCUT2D eigenvalue weighted by atomic mass is 32.2. The number of pyridine rings is 1. The normalized spacial score (nSPS) is 20.2. The maximum Gasteiger partial charge on any atom is 0.444 e. The van der Waals surface area contributed by atoms with Gasteiger partial charge in [-0.15, -0.1) is 0 Å². The number of thioether (sulfide) groups is 1. The molecule has 2 nitrogen and oxygen atoms in total. The average molecular weight is 430 g/mol. The summed E-state index contributed by atoms with van der Waals surface area (Å²) in [5.41, 5.74) is -2.82. The largest absolute Gasteiger partial charge is 0.444 e. The molecule has 0 aromatic carbocycles. The second kappa shape index (κ2) is 6.25. The summed E-state index contributed by atoms with van der Waals surface area (Å²) in [4.78, 5) is 2.69. The van der Waals surface area contributed by atoms with Gasteiger partial charge in [0.25, 0.3) is 4.75 Å². The van der Waals surface area contributed by atoms with Crippen molar-refractivity contribution < 1.29 is 43.9 Å². The summed E-state index contributed by atoms with van der Waals surface area (Å²) in [5.74, 6) is -3.59. The molecule has 1 aliphatic heterocycles. The van der Waals surface area contributed by atoms with E-state index in [9.17, 15) is 43.9 Å². The number of hydrogen-bond acceptors (Lipinski definition) is 3. The van der Waals surface area contributed by atoms with Crippen LogP contribution in [0.1, 0.15) is 0 Å². The lowest BCUT2D eigenvalue weighted by Crippen LogP contribution is -2.54. The van der Waals surface area contributed by atoms with Crippen LogP contribution in [0.4, 0.5) is 43.9 Å². The number of alkyl halides is 9. The van der Waals surface area contributed by atoms with Gasteiger partial charge in [-0.2, -0.15) is 43.9 Å². The first-order valence-corrected chi connectivity index (χ1v) is 7.42. The molecule has 0 aliphatic carbocycles. The number of rotatable bonds is 0. The second-order valence-corrected chi connectivity index (χ2v) is 6.34. The Balaban J connectivity index is 2.87. The Morgan fingerprint density at radius 3 is 1.96 bits per heavy atom. The molecule has 0 unspecified atom stereocenters. The molecule has 26 heavy (non-hydrogen) atoms. The van der Waals surface area contributed by atoms with Crippen LogP contribution in [-0.4, -0.2) is 33.0 Å². The van der Waals surface area contributed by atoms with Gasteiger partial charge in [-0.05, 0) is 12.1 Å². The molecule has 0 bridgehead atoms. The van der Waals surface area contributed by atoms with Crippen molar-refractivity contribution in [2.75, 3.05) is 0 Å². The Bertz CT molecular complexity index is 814. The molecule has 1 aliphatic rings. The number of aliphatic imine (C=N–C) groups is 1. The zero-order valence-electron chi connectivity index (χ0n) is 11.8. The first kappa shape index (κ1) is 20.7. The molecule has 1 aromatic rings. The minimum Gasteiger partial charge on any atom is -0.287 e. The molecule has 1 aromatic heterocycles.